The van der Waals surface area contributed by atoms with Crippen molar-refractivity contribution in [3.63, 3.8) is 0 Å². The SMILES string of the molecule is CCC1(C)CC(N(C)Cc2ccc(C(=O)O)cc2)CCO1. The third-order valence-corrected chi connectivity index (χ3v) is 4.57. The minimum Gasteiger partial charge on any atom is -0.478 e. The van der Waals surface area contributed by atoms with Gasteiger partial charge in [0.2, 0.25) is 0 Å². The van der Waals surface area contributed by atoms with Gasteiger partial charge in [-0.3, -0.25) is 4.90 Å². The van der Waals surface area contributed by atoms with Gasteiger partial charge in [0.05, 0.1) is 11.2 Å². The zero-order chi connectivity index (χ0) is 15.5. The second-order valence-electron chi connectivity index (χ2n) is 6.22. The van der Waals surface area contributed by atoms with Gasteiger partial charge in [-0.25, -0.2) is 4.79 Å². The molecule has 0 radical (unpaired) electrons. The van der Waals surface area contributed by atoms with Crippen LogP contribution >= 0.6 is 0 Å². The van der Waals surface area contributed by atoms with Crippen molar-refractivity contribution in [2.75, 3.05) is 13.7 Å². The number of benzene rings is 1. The predicted octanol–water partition coefficient (Wildman–Crippen LogP) is 3.16. The molecule has 0 aliphatic carbocycles. The molecule has 1 fully saturated rings. The maximum Gasteiger partial charge on any atom is 0.335 e. The van der Waals surface area contributed by atoms with Crippen molar-refractivity contribution in [3.05, 3.63) is 35.4 Å². The zero-order valence-corrected chi connectivity index (χ0v) is 13.1. The molecular formula is C17H25NO3. The summed E-state index contributed by atoms with van der Waals surface area (Å²) < 4.78 is 5.90. The molecule has 4 heteroatoms. The Hall–Kier alpha value is -1.39. The van der Waals surface area contributed by atoms with Crippen LogP contribution in [0.4, 0.5) is 0 Å². The number of nitrogens with zero attached hydrogens (tertiary/aromatic N) is 1. The van der Waals surface area contributed by atoms with E-state index in [9.17, 15) is 4.79 Å². The van der Waals surface area contributed by atoms with E-state index in [0.717, 1.165) is 38.0 Å². The Morgan fingerprint density at radius 1 is 1.43 bits per heavy atom. The third kappa shape index (κ3) is 4.05. The molecule has 1 aromatic carbocycles. The maximum absolute atomic E-state index is 10.9. The fourth-order valence-electron chi connectivity index (χ4n) is 2.89. The summed E-state index contributed by atoms with van der Waals surface area (Å²) in [5, 5.41) is 8.92. The molecule has 1 aliphatic heterocycles. The van der Waals surface area contributed by atoms with E-state index in [4.69, 9.17) is 9.84 Å². The second kappa shape index (κ2) is 6.58. The van der Waals surface area contributed by atoms with Crippen molar-refractivity contribution in [3.8, 4) is 0 Å². The number of carbonyl (C=O) groups is 1. The summed E-state index contributed by atoms with van der Waals surface area (Å²) in [6.45, 7) is 6.02. The molecule has 2 rings (SSSR count). The second-order valence-corrected chi connectivity index (χ2v) is 6.22. The molecule has 1 N–H and O–H groups in total. The van der Waals surface area contributed by atoms with Crippen LogP contribution < -0.4 is 0 Å². The van der Waals surface area contributed by atoms with Crippen LogP contribution in [0.1, 0.15) is 49.0 Å². The topological polar surface area (TPSA) is 49.8 Å². The van der Waals surface area contributed by atoms with Crippen LogP contribution in [-0.2, 0) is 11.3 Å². The van der Waals surface area contributed by atoms with E-state index in [0.29, 0.717) is 11.6 Å². The lowest BCUT2D eigenvalue weighted by atomic mass is 9.89. The highest BCUT2D eigenvalue weighted by Crippen LogP contribution is 2.30. The first-order valence-corrected chi connectivity index (χ1v) is 7.60. The highest BCUT2D eigenvalue weighted by Gasteiger charge is 2.33. The fraction of sp³-hybridized carbons (Fsp3) is 0.588. The fourth-order valence-corrected chi connectivity index (χ4v) is 2.89. The van der Waals surface area contributed by atoms with Crippen molar-refractivity contribution in [2.45, 2.75) is 51.3 Å². The predicted molar refractivity (Wildman–Crippen MR) is 82.5 cm³/mol. The quantitative estimate of drug-likeness (QED) is 0.905. The van der Waals surface area contributed by atoms with Crippen molar-refractivity contribution >= 4 is 5.97 Å². The molecule has 1 heterocycles. The first kappa shape index (κ1) is 16.0. The Morgan fingerprint density at radius 2 is 2.10 bits per heavy atom. The summed E-state index contributed by atoms with van der Waals surface area (Å²) in [5.74, 6) is -0.877. The van der Waals surface area contributed by atoms with Gasteiger partial charge in [0.1, 0.15) is 0 Å². The van der Waals surface area contributed by atoms with Gasteiger partial charge >= 0.3 is 5.97 Å². The Balaban J connectivity index is 1.97. The molecule has 2 unspecified atom stereocenters. The Kier molecular flexibility index (Phi) is 5.01. The van der Waals surface area contributed by atoms with E-state index in [1.54, 1.807) is 12.1 Å². The molecule has 116 valence electrons. The van der Waals surface area contributed by atoms with E-state index in [1.165, 1.54) is 0 Å². The zero-order valence-electron chi connectivity index (χ0n) is 13.1. The van der Waals surface area contributed by atoms with E-state index in [1.807, 2.05) is 12.1 Å². The number of aromatic carboxylic acids is 1. The van der Waals surface area contributed by atoms with Crippen molar-refractivity contribution < 1.29 is 14.6 Å². The number of hydrogen-bond donors (Lipinski definition) is 1. The smallest absolute Gasteiger partial charge is 0.335 e. The van der Waals surface area contributed by atoms with Gasteiger partial charge < -0.3 is 9.84 Å². The summed E-state index contributed by atoms with van der Waals surface area (Å²) >= 11 is 0. The van der Waals surface area contributed by atoms with Crippen molar-refractivity contribution in [1.29, 1.82) is 0 Å². The van der Waals surface area contributed by atoms with E-state index in [2.05, 4.69) is 25.8 Å². The summed E-state index contributed by atoms with van der Waals surface area (Å²) in [4.78, 5) is 13.2. The number of carboxylic acid groups (broad SMARTS) is 1. The van der Waals surface area contributed by atoms with E-state index in [-0.39, 0.29) is 5.60 Å². The average Bonchev–Trinajstić information content (AvgIpc) is 2.48. The number of carboxylic acids is 1. The van der Waals surface area contributed by atoms with Gasteiger partial charge in [-0.2, -0.15) is 0 Å². The van der Waals surface area contributed by atoms with Gasteiger partial charge in [0, 0.05) is 19.2 Å². The molecule has 0 bridgehead atoms. The molecule has 4 nitrogen and oxygen atoms in total. The van der Waals surface area contributed by atoms with Crippen molar-refractivity contribution in [1.82, 2.24) is 4.90 Å². The normalized spacial score (nSPS) is 26.0. The average molecular weight is 291 g/mol. The lowest BCUT2D eigenvalue weighted by Crippen LogP contribution is -2.45. The molecule has 1 aliphatic rings. The Bertz CT molecular complexity index is 485. The largest absolute Gasteiger partial charge is 0.478 e. The molecule has 0 amide bonds. The minimum atomic E-state index is -0.877. The van der Waals surface area contributed by atoms with Crippen LogP contribution in [-0.4, -0.2) is 41.3 Å². The third-order valence-electron chi connectivity index (χ3n) is 4.57. The van der Waals surface area contributed by atoms with Gasteiger partial charge in [0.15, 0.2) is 0 Å². The summed E-state index contributed by atoms with van der Waals surface area (Å²) in [6, 6.07) is 7.66. The first-order valence-electron chi connectivity index (χ1n) is 7.60. The van der Waals surface area contributed by atoms with E-state index >= 15 is 0 Å². The minimum absolute atomic E-state index is 0.00958. The molecule has 0 aromatic heterocycles. The Labute approximate surface area is 126 Å². The monoisotopic (exact) mass is 291 g/mol. The van der Waals surface area contributed by atoms with Crippen LogP contribution in [0.3, 0.4) is 0 Å². The summed E-state index contributed by atoms with van der Waals surface area (Å²) in [6.07, 6.45) is 3.14. The molecular weight excluding hydrogens is 266 g/mol. The summed E-state index contributed by atoms with van der Waals surface area (Å²) in [7, 11) is 2.14. The standard InChI is InChI=1S/C17H25NO3/c1-4-17(2)11-15(9-10-21-17)18(3)12-13-5-7-14(8-6-13)16(19)20/h5-8,15H,4,9-12H2,1-3H3,(H,19,20). The highest BCUT2D eigenvalue weighted by atomic mass is 16.5. The first-order chi connectivity index (χ1) is 9.93. The van der Waals surface area contributed by atoms with Crippen molar-refractivity contribution in [2.24, 2.45) is 0 Å². The molecule has 0 saturated carbocycles. The van der Waals surface area contributed by atoms with Gasteiger partial charge in [0.25, 0.3) is 0 Å². The van der Waals surface area contributed by atoms with E-state index < -0.39 is 5.97 Å². The number of ether oxygens (including phenoxy) is 1. The Morgan fingerprint density at radius 3 is 2.67 bits per heavy atom. The summed E-state index contributed by atoms with van der Waals surface area (Å²) in [5.41, 5.74) is 1.47. The van der Waals surface area contributed by atoms with Gasteiger partial charge in [-0.15, -0.1) is 0 Å². The lowest BCUT2D eigenvalue weighted by Gasteiger charge is -2.41. The van der Waals surface area contributed by atoms with Crippen LogP contribution in [0, 0.1) is 0 Å². The maximum atomic E-state index is 10.9. The number of hydrogen-bond acceptors (Lipinski definition) is 3. The van der Waals surface area contributed by atoms with Crippen LogP contribution in [0.15, 0.2) is 24.3 Å². The van der Waals surface area contributed by atoms with Gasteiger partial charge in [-0.05, 0) is 50.9 Å². The molecule has 21 heavy (non-hydrogen) atoms. The van der Waals surface area contributed by atoms with Crippen LogP contribution in [0.5, 0.6) is 0 Å². The highest BCUT2D eigenvalue weighted by molar-refractivity contribution is 5.87. The molecule has 0 spiro atoms. The number of rotatable bonds is 5. The molecule has 1 aromatic rings. The lowest BCUT2D eigenvalue weighted by molar-refractivity contribution is -0.0945. The van der Waals surface area contributed by atoms with Crippen LogP contribution in [0.2, 0.25) is 0 Å². The van der Waals surface area contributed by atoms with Gasteiger partial charge in [-0.1, -0.05) is 19.1 Å². The van der Waals surface area contributed by atoms with Crippen LogP contribution in [0.25, 0.3) is 0 Å². The molecule has 2 atom stereocenters. The molecule has 1 saturated heterocycles.